The average Bonchev–Trinajstić information content (AvgIpc) is 2.83. The minimum Gasteiger partial charge on any atom is -0.337 e. The van der Waals surface area contributed by atoms with Crippen LogP contribution in [0.5, 0.6) is 0 Å². The summed E-state index contributed by atoms with van der Waals surface area (Å²) in [6.45, 7) is 0.950. The normalized spacial score (nSPS) is 36.5. The van der Waals surface area contributed by atoms with E-state index < -0.39 is 0 Å². The van der Waals surface area contributed by atoms with E-state index in [1.54, 1.807) is 0 Å². The van der Waals surface area contributed by atoms with Gasteiger partial charge in [-0.15, -0.1) is 0 Å². The number of carbonyl (C=O) groups excluding carboxylic acids is 1. The number of likely N-dealkylation sites (N-methyl/N-ethyl adjacent to an activating group) is 1. The van der Waals surface area contributed by atoms with Gasteiger partial charge in [-0.1, -0.05) is 6.42 Å². The maximum Gasteiger partial charge on any atom is 0.240 e. The summed E-state index contributed by atoms with van der Waals surface area (Å²) in [5, 5.41) is 3.77. The van der Waals surface area contributed by atoms with E-state index in [9.17, 15) is 4.79 Å². The SMILES string of the molecule is CNC1CCN(C2CCCC2SC)C1=O. The van der Waals surface area contributed by atoms with Crippen molar-refractivity contribution in [3.05, 3.63) is 0 Å². The molecule has 0 aromatic heterocycles. The number of thioether (sulfide) groups is 1. The maximum absolute atomic E-state index is 12.0. The fourth-order valence-electron chi connectivity index (χ4n) is 2.84. The highest BCUT2D eigenvalue weighted by molar-refractivity contribution is 7.99. The van der Waals surface area contributed by atoms with Gasteiger partial charge in [0.25, 0.3) is 0 Å². The van der Waals surface area contributed by atoms with E-state index in [0.717, 1.165) is 13.0 Å². The van der Waals surface area contributed by atoms with Crippen molar-refractivity contribution < 1.29 is 4.79 Å². The van der Waals surface area contributed by atoms with Gasteiger partial charge in [-0.05, 0) is 32.6 Å². The summed E-state index contributed by atoms with van der Waals surface area (Å²) >= 11 is 1.92. The quantitative estimate of drug-likeness (QED) is 0.785. The number of hydrogen-bond acceptors (Lipinski definition) is 3. The third-order valence-electron chi connectivity index (χ3n) is 3.71. The minimum absolute atomic E-state index is 0.0770. The Morgan fingerprint density at radius 1 is 1.40 bits per heavy atom. The molecule has 0 aromatic rings. The average molecular weight is 228 g/mol. The van der Waals surface area contributed by atoms with Crippen LogP contribution >= 0.6 is 11.8 Å². The summed E-state index contributed by atoms with van der Waals surface area (Å²) < 4.78 is 0. The summed E-state index contributed by atoms with van der Waals surface area (Å²) in [5.41, 5.74) is 0. The summed E-state index contributed by atoms with van der Waals surface area (Å²) in [4.78, 5) is 14.2. The fourth-order valence-corrected chi connectivity index (χ4v) is 3.84. The molecular formula is C11H20N2OS. The van der Waals surface area contributed by atoms with Gasteiger partial charge in [-0.2, -0.15) is 11.8 Å². The van der Waals surface area contributed by atoms with Crippen LogP contribution in [0.4, 0.5) is 0 Å². The first-order valence-corrected chi connectivity index (χ1v) is 7.07. The summed E-state index contributed by atoms with van der Waals surface area (Å²) in [6, 6.07) is 0.582. The molecule has 2 rings (SSSR count). The Morgan fingerprint density at radius 3 is 2.80 bits per heavy atom. The Hall–Kier alpha value is -0.220. The molecule has 0 radical (unpaired) electrons. The molecule has 2 aliphatic rings. The standard InChI is InChI=1S/C11H20N2OS/c1-12-8-6-7-13(11(8)14)9-4-3-5-10(9)15-2/h8-10,12H,3-7H2,1-2H3. The summed E-state index contributed by atoms with van der Waals surface area (Å²) in [5.74, 6) is 0.323. The van der Waals surface area contributed by atoms with Crippen molar-refractivity contribution >= 4 is 17.7 Å². The molecule has 2 fully saturated rings. The zero-order valence-electron chi connectivity index (χ0n) is 9.53. The van der Waals surface area contributed by atoms with Gasteiger partial charge < -0.3 is 10.2 Å². The predicted octanol–water partition coefficient (Wildman–Crippen LogP) is 1.09. The van der Waals surface area contributed by atoms with E-state index in [1.165, 1.54) is 19.3 Å². The second-order valence-corrected chi connectivity index (χ2v) is 5.51. The number of likely N-dealkylation sites (tertiary alicyclic amines) is 1. The van der Waals surface area contributed by atoms with Crippen LogP contribution in [0.1, 0.15) is 25.7 Å². The molecule has 1 saturated carbocycles. The molecule has 15 heavy (non-hydrogen) atoms. The molecule has 1 amide bonds. The number of rotatable bonds is 3. The smallest absolute Gasteiger partial charge is 0.240 e. The van der Waals surface area contributed by atoms with Gasteiger partial charge >= 0.3 is 0 Å². The van der Waals surface area contributed by atoms with E-state index in [0.29, 0.717) is 17.2 Å². The molecule has 1 saturated heterocycles. The molecule has 86 valence electrons. The lowest BCUT2D eigenvalue weighted by Crippen LogP contribution is -2.44. The van der Waals surface area contributed by atoms with Crippen molar-refractivity contribution in [2.45, 2.75) is 43.0 Å². The van der Waals surface area contributed by atoms with Crippen LogP contribution in [0.15, 0.2) is 0 Å². The molecule has 0 aromatic carbocycles. The van der Waals surface area contributed by atoms with Gasteiger partial charge in [0.1, 0.15) is 0 Å². The van der Waals surface area contributed by atoms with Crippen LogP contribution < -0.4 is 5.32 Å². The largest absolute Gasteiger partial charge is 0.337 e. The highest BCUT2D eigenvalue weighted by Gasteiger charge is 2.39. The number of carbonyl (C=O) groups is 1. The Kier molecular flexibility index (Phi) is 3.57. The molecular weight excluding hydrogens is 208 g/mol. The van der Waals surface area contributed by atoms with Gasteiger partial charge in [0.2, 0.25) is 5.91 Å². The number of nitrogens with zero attached hydrogens (tertiary/aromatic N) is 1. The van der Waals surface area contributed by atoms with Crippen molar-refractivity contribution in [2.24, 2.45) is 0 Å². The van der Waals surface area contributed by atoms with Crippen molar-refractivity contribution in [1.29, 1.82) is 0 Å². The minimum atomic E-state index is 0.0770. The van der Waals surface area contributed by atoms with Gasteiger partial charge in [0.05, 0.1) is 6.04 Å². The van der Waals surface area contributed by atoms with Crippen LogP contribution in [0.2, 0.25) is 0 Å². The van der Waals surface area contributed by atoms with Crippen LogP contribution in [-0.2, 0) is 4.79 Å². The maximum atomic E-state index is 12.0. The number of nitrogens with one attached hydrogen (secondary N) is 1. The van der Waals surface area contributed by atoms with E-state index in [-0.39, 0.29) is 6.04 Å². The Bertz CT molecular complexity index is 247. The molecule has 1 N–H and O–H groups in total. The second kappa shape index (κ2) is 4.74. The Morgan fingerprint density at radius 2 is 2.20 bits per heavy atom. The number of amides is 1. The molecule has 1 aliphatic heterocycles. The van der Waals surface area contributed by atoms with Gasteiger partial charge in [-0.25, -0.2) is 0 Å². The molecule has 3 nitrogen and oxygen atoms in total. The van der Waals surface area contributed by atoms with Gasteiger partial charge in [-0.3, -0.25) is 4.79 Å². The lowest BCUT2D eigenvalue weighted by Gasteiger charge is -2.28. The molecule has 4 heteroatoms. The molecule has 1 heterocycles. The zero-order valence-corrected chi connectivity index (χ0v) is 10.3. The predicted molar refractivity (Wildman–Crippen MR) is 64.1 cm³/mol. The first-order chi connectivity index (χ1) is 7.27. The van der Waals surface area contributed by atoms with E-state index in [1.807, 2.05) is 18.8 Å². The summed E-state index contributed by atoms with van der Waals surface area (Å²) in [7, 11) is 1.88. The molecule has 1 aliphatic carbocycles. The van der Waals surface area contributed by atoms with Crippen molar-refractivity contribution in [1.82, 2.24) is 10.2 Å². The third-order valence-corrected chi connectivity index (χ3v) is 4.86. The van der Waals surface area contributed by atoms with Crippen LogP contribution in [0.25, 0.3) is 0 Å². The zero-order chi connectivity index (χ0) is 10.8. The Balaban J connectivity index is 2.02. The van der Waals surface area contributed by atoms with E-state index in [2.05, 4.69) is 16.5 Å². The van der Waals surface area contributed by atoms with Crippen molar-refractivity contribution in [2.75, 3.05) is 19.8 Å². The first-order valence-electron chi connectivity index (χ1n) is 5.78. The van der Waals surface area contributed by atoms with Crippen LogP contribution in [-0.4, -0.2) is 48.0 Å². The highest BCUT2D eigenvalue weighted by Crippen LogP contribution is 2.34. The van der Waals surface area contributed by atoms with E-state index in [4.69, 9.17) is 0 Å². The molecule has 3 unspecified atom stereocenters. The van der Waals surface area contributed by atoms with Gasteiger partial charge in [0.15, 0.2) is 0 Å². The van der Waals surface area contributed by atoms with Gasteiger partial charge in [0, 0.05) is 17.8 Å². The number of hydrogen-bond donors (Lipinski definition) is 1. The Labute approximate surface area is 96.0 Å². The first kappa shape index (κ1) is 11.3. The van der Waals surface area contributed by atoms with Crippen LogP contribution in [0, 0.1) is 0 Å². The van der Waals surface area contributed by atoms with Crippen molar-refractivity contribution in [3.63, 3.8) is 0 Å². The lowest BCUT2D eigenvalue weighted by atomic mass is 10.2. The van der Waals surface area contributed by atoms with Crippen LogP contribution in [0.3, 0.4) is 0 Å². The second-order valence-electron chi connectivity index (χ2n) is 4.43. The monoisotopic (exact) mass is 228 g/mol. The van der Waals surface area contributed by atoms with Crippen molar-refractivity contribution in [3.8, 4) is 0 Å². The van der Waals surface area contributed by atoms with E-state index >= 15 is 0 Å². The topological polar surface area (TPSA) is 32.3 Å². The summed E-state index contributed by atoms with van der Waals surface area (Å²) in [6.07, 6.45) is 6.91. The molecule has 3 atom stereocenters. The highest BCUT2D eigenvalue weighted by atomic mass is 32.2. The molecule has 0 bridgehead atoms. The lowest BCUT2D eigenvalue weighted by molar-refractivity contribution is -0.131. The fraction of sp³-hybridized carbons (Fsp3) is 0.909. The molecule has 0 spiro atoms. The third kappa shape index (κ3) is 2.02.